The van der Waals surface area contributed by atoms with Gasteiger partial charge in [0.15, 0.2) is 0 Å². The van der Waals surface area contributed by atoms with E-state index in [2.05, 4.69) is 20.9 Å². The zero-order valence-electron chi connectivity index (χ0n) is 11.4. The maximum atomic E-state index is 5.55. The molecule has 2 saturated heterocycles. The van der Waals surface area contributed by atoms with Gasteiger partial charge in [-0.3, -0.25) is 10.2 Å². The Morgan fingerprint density at radius 1 is 1.25 bits per heavy atom. The second kappa shape index (κ2) is 7.11. The van der Waals surface area contributed by atoms with E-state index < -0.39 is 0 Å². The average Bonchev–Trinajstić information content (AvgIpc) is 2.49. The van der Waals surface area contributed by atoms with Crippen molar-refractivity contribution in [3.63, 3.8) is 0 Å². The third-order valence-corrected chi connectivity index (χ3v) is 9.08. The SMILES string of the molecule is S=C1NCN(C2CCCC([SH]3CNCNC3=S)C2)CS1. The van der Waals surface area contributed by atoms with Gasteiger partial charge >= 0.3 is 0 Å². The zero-order valence-corrected chi connectivity index (χ0v) is 14.8. The summed E-state index contributed by atoms with van der Waals surface area (Å²) in [6.45, 7) is 1.76. The summed E-state index contributed by atoms with van der Waals surface area (Å²) >= 11 is 12.5. The molecule has 0 bridgehead atoms. The van der Waals surface area contributed by atoms with E-state index in [1.165, 1.54) is 25.7 Å². The minimum Gasteiger partial charge on any atom is -0.360 e. The molecule has 0 aromatic heterocycles. The van der Waals surface area contributed by atoms with E-state index in [-0.39, 0.29) is 10.9 Å². The number of thiocarbonyl (C=S) groups is 2. The monoisotopic (exact) mass is 350 g/mol. The molecule has 2 heterocycles. The first kappa shape index (κ1) is 15.3. The van der Waals surface area contributed by atoms with Crippen molar-refractivity contribution in [1.29, 1.82) is 0 Å². The van der Waals surface area contributed by atoms with E-state index in [1.807, 2.05) is 0 Å². The normalized spacial score (nSPS) is 38.1. The van der Waals surface area contributed by atoms with E-state index in [4.69, 9.17) is 24.4 Å². The summed E-state index contributed by atoms with van der Waals surface area (Å²) in [6, 6.07) is 0.698. The summed E-state index contributed by atoms with van der Waals surface area (Å²) in [6.07, 6.45) is 5.30. The summed E-state index contributed by atoms with van der Waals surface area (Å²) in [4.78, 5) is 2.55. The number of nitrogens with zero attached hydrogens (tertiary/aromatic N) is 1. The Kier molecular flexibility index (Phi) is 5.44. The minimum atomic E-state index is -0.178. The minimum absolute atomic E-state index is 0.178. The fraction of sp³-hybridized carbons (Fsp3) is 0.833. The lowest BCUT2D eigenvalue weighted by molar-refractivity contribution is 0.181. The van der Waals surface area contributed by atoms with Gasteiger partial charge in [-0.05, 0) is 24.5 Å². The average molecular weight is 351 g/mol. The summed E-state index contributed by atoms with van der Waals surface area (Å²) in [7, 11) is -0.178. The molecule has 2 aliphatic heterocycles. The molecule has 0 spiro atoms. The first-order valence-corrected chi connectivity index (χ1v) is 10.5. The number of thioether (sulfide) groups is 1. The lowest BCUT2D eigenvalue weighted by atomic mass is 9.94. The lowest BCUT2D eigenvalue weighted by Gasteiger charge is -2.44. The molecule has 3 atom stereocenters. The maximum Gasteiger partial charge on any atom is 0.136 e. The van der Waals surface area contributed by atoms with E-state index in [1.54, 1.807) is 11.8 Å². The molecule has 3 aliphatic rings. The molecule has 0 amide bonds. The first-order valence-electron chi connectivity index (χ1n) is 7.14. The fourth-order valence-electron chi connectivity index (χ4n) is 3.18. The molecule has 3 rings (SSSR count). The van der Waals surface area contributed by atoms with Crippen LogP contribution in [-0.2, 0) is 0 Å². The van der Waals surface area contributed by atoms with Crippen LogP contribution in [0.4, 0.5) is 0 Å². The summed E-state index contributed by atoms with van der Waals surface area (Å²) in [5.41, 5.74) is 0. The van der Waals surface area contributed by atoms with Crippen LogP contribution in [0.2, 0.25) is 0 Å². The van der Waals surface area contributed by atoms with Crippen molar-refractivity contribution in [2.24, 2.45) is 0 Å². The van der Waals surface area contributed by atoms with Crippen molar-refractivity contribution in [3.8, 4) is 0 Å². The van der Waals surface area contributed by atoms with E-state index in [9.17, 15) is 0 Å². The molecular formula is C12H22N4S4. The second-order valence-electron chi connectivity index (χ2n) is 5.50. The van der Waals surface area contributed by atoms with Crippen molar-refractivity contribution >= 4 is 55.7 Å². The smallest absolute Gasteiger partial charge is 0.136 e. The number of thiol groups is 1. The van der Waals surface area contributed by atoms with Gasteiger partial charge in [0.2, 0.25) is 0 Å². The van der Waals surface area contributed by atoms with Crippen LogP contribution in [0.1, 0.15) is 25.7 Å². The predicted molar refractivity (Wildman–Crippen MR) is 98.5 cm³/mol. The molecule has 0 aromatic carbocycles. The summed E-state index contributed by atoms with van der Waals surface area (Å²) in [5, 5.41) is 10.9. The first-order chi connectivity index (χ1) is 9.74. The van der Waals surface area contributed by atoms with Crippen molar-refractivity contribution in [3.05, 3.63) is 0 Å². The largest absolute Gasteiger partial charge is 0.360 e. The molecule has 8 heteroatoms. The molecule has 1 saturated carbocycles. The molecule has 1 aliphatic carbocycles. The van der Waals surface area contributed by atoms with Crippen LogP contribution in [0, 0.1) is 0 Å². The van der Waals surface area contributed by atoms with Crippen LogP contribution in [-0.4, -0.2) is 49.9 Å². The Bertz CT molecular complexity index is 382. The van der Waals surface area contributed by atoms with Crippen LogP contribution in [0.25, 0.3) is 0 Å². The number of rotatable bonds is 2. The van der Waals surface area contributed by atoms with Crippen molar-refractivity contribution in [1.82, 2.24) is 20.9 Å². The lowest BCUT2D eigenvalue weighted by Crippen LogP contribution is -2.50. The molecule has 4 nitrogen and oxygen atoms in total. The Labute approximate surface area is 138 Å². The van der Waals surface area contributed by atoms with Crippen LogP contribution < -0.4 is 16.0 Å². The van der Waals surface area contributed by atoms with Gasteiger partial charge in [0, 0.05) is 11.9 Å². The number of nitrogens with one attached hydrogen (secondary N) is 3. The Morgan fingerprint density at radius 3 is 2.90 bits per heavy atom. The standard InChI is InChI=1S/C12H22N4S4/c17-11-15-6-16(8-19-11)9-2-1-3-10(4-9)20-7-13-5-14-12(20)18/h9-10,13,20H,1-8H2,(H,14,18)(H,15,17). The van der Waals surface area contributed by atoms with Crippen LogP contribution >= 0.6 is 47.1 Å². The summed E-state index contributed by atoms with van der Waals surface area (Å²) in [5.74, 6) is 2.15. The highest BCUT2D eigenvalue weighted by molar-refractivity contribution is 8.36. The van der Waals surface area contributed by atoms with Crippen LogP contribution in [0.3, 0.4) is 0 Å². The molecule has 0 radical (unpaired) electrons. The molecular weight excluding hydrogens is 328 g/mol. The third kappa shape index (κ3) is 3.59. The molecule has 3 fully saturated rings. The predicted octanol–water partition coefficient (Wildman–Crippen LogP) is 1.53. The van der Waals surface area contributed by atoms with Gasteiger partial charge in [0.05, 0.1) is 19.2 Å². The Morgan fingerprint density at radius 2 is 2.15 bits per heavy atom. The molecule has 3 unspecified atom stereocenters. The number of hydrogen-bond donors (Lipinski definition) is 4. The summed E-state index contributed by atoms with van der Waals surface area (Å²) < 4.78 is 2.08. The Hall–Kier alpha value is 0.400. The quantitative estimate of drug-likeness (QED) is 0.445. The third-order valence-electron chi connectivity index (χ3n) is 4.27. The van der Waals surface area contributed by atoms with Gasteiger partial charge in [-0.25, -0.2) is 0 Å². The highest BCUT2D eigenvalue weighted by Crippen LogP contribution is 2.42. The van der Waals surface area contributed by atoms with Gasteiger partial charge in [-0.15, -0.1) is 0 Å². The van der Waals surface area contributed by atoms with Crippen LogP contribution in [0.5, 0.6) is 0 Å². The van der Waals surface area contributed by atoms with Gasteiger partial charge < -0.3 is 10.6 Å². The Balaban J connectivity index is 1.58. The van der Waals surface area contributed by atoms with E-state index >= 15 is 0 Å². The number of hydrogen-bond acceptors (Lipinski definition) is 5. The van der Waals surface area contributed by atoms with Crippen molar-refractivity contribution in [2.75, 3.05) is 25.1 Å². The van der Waals surface area contributed by atoms with Crippen molar-refractivity contribution < 1.29 is 0 Å². The van der Waals surface area contributed by atoms with Gasteiger partial charge in [-0.1, -0.05) is 42.6 Å². The van der Waals surface area contributed by atoms with Gasteiger partial charge in [0.1, 0.15) is 8.64 Å². The van der Waals surface area contributed by atoms with E-state index in [0.717, 1.165) is 39.0 Å². The topological polar surface area (TPSA) is 39.3 Å². The zero-order chi connectivity index (χ0) is 13.9. The van der Waals surface area contributed by atoms with Crippen LogP contribution in [0.15, 0.2) is 0 Å². The fourth-order valence-corrected chi connectivity index (χ4v) is 7.22. The highest BCUT2D eigenvalue weighted by atomic mass is 32.2. The second-order valence-corrected chi connectivity index (χ2v) is 10.3. The highest BCUT2D eigenvalue weighted by Gasteiger charge is 2.33. The van der Waals surface area contributed by atoms with Gasteiger partial charge in [0.25, 0.3) is 0 Å². The van der Waals surface area contributed by atoms with Crippen molar-refractivity contribution in [2.45, 2.75) is 37.0 Å². The maximum absolute atomic E-state index is 5.55. The molecule has 114 valence electrons. The molecule has 0 aromatic rings. The molecule has 20 heavy (non-hydrogen) atoms. The van der Waals surface area contributed by atoms with E-state index in [0.29, 0.717) is 6.04 Å². The molecule has 3 N–H and O–H groups in total. The van der Waals surface area contributed by atoms with Gasteiger partial charge in [-0.2, -0.15) is 10.9 Å².